The second-order valence-electron chi connectivity index (χ2n) is 7.42. The fourth-order valence-electron chi connectivity index (χ4n) is 4.11. The number of rotatable bonds is 2. The molecule has 0 atom stereocenters. The van der Waals surface area contributed by atoms with Gasteiger partial charge < -0.3 is 4.42 Å². The molecule has 2 heterocycles. The lowest BCUT2D eigenvalue weighted by Gasteiger charge is -2.06. The molecule has 0 aliphatic carbocycles. The van der Waals surface area contributed by atoms with Crippen LogP contribution in [0, 0.1) is 19.3 Å². The number of furan rings is 1. The second-order valence-corrected chi connectivity index (χ2v) is 7.42. The fraction of sp³-hybridized carbons (Fsp3) is 0.0769. The molecule has 0 aliphatic heterocycles. The number of halogens is 1. The van der Waals surface area contributed by atoms with Gasteiger partial charge in [-0.2, -0.15) is 4.57 Å². The standard InChI is InChI=1S/C26H18FN2O/c1-16-9-11-20-25-21(17-7-5-4-6-8-17)13-19(28-2)14-23(25)30-26(20)24(16)22-12-10-18(27)15-29(22)3/h4-15H,1,3H3/q+1. The van der Waals surface area contributed by atoms with Gasteiger partial charge in [-0.3, -0.25) is 0 Å². The van der Waals surface area contributed by atoms with E-state index in [1.54, 1.807) is 16.7 Å². The fourth-order valence-corrected chi connectivity index (χ4v) is 4.11. The van der Waals surface area contributed by atoms with E-state index >= 15 is 0 Å². The second kappa shape index (κ2) is 6.82. The first-order chi connectivity index (χ1) is 14.6. The van der Waals surface area contributed by atoms with Gasteiger partial charge in [0.25, 0.3) is 0 Å². The molecule has 0 amide bonds. The van der Waals surface area contributed by atoms with Gasteiger partial charge in [-0.25, -0.2) is 9.24 Å². The van der Waals surface area contributed by atoms with Crippen LogP contribution in [0.3, 0.4) is 0 Å². The summed E-state index contributed by atoms with van der Waals surface area (Å²) in [5.74, 6) is -0.288. The molecular formula is C26H18FN2O+. The summed E-state index contributed by atoms with van der Waals surface area (Å²) in [6, 6.07) is 21.1. The maximum Gasteiger partial charge on any atom is 0.216 e. The van der Waals surface area contributed by atoms with Crippen molar-refractivity contribution in [3.63, 3.8) is 0 Å². The largest absolute Gasteiger partial charge is 0.456 e. The molecule has 3 nitrogen and oxygen atoms in total. The first-order valence-electron chi connectivity index (χ1n) is 9.65. The molecule has 0 bridgehead atoms. The van der Waals surface area contributed by atoms with Crippen LogP contribution in [0.15, 0.2) is 77.3 Å². The zero-order chi connectivity index (χ0) is 20.8. The van der Waals surface area contributed by atoms with Gasteiger partial charge in [-0.1, -0.05) is 42.5 Å². The highest BCUT2D eigenvalue weighted by atomic mass is 19.1. The molecule has 0 fully saturated rings. The summed E-state index contributed by atoms with van der Waals surface area (Å²) in [4.78, 5) is 3.64. The zero-order valence-electron chi connectivity index (χ0n) is 16.6. The van der Waals surface area contributed by atoms with Crippen molar-refractivity contribution in [3.8, 4) is 22.4 Å². The van der Waals surface area contributed by atoms with Gasteiger partial charge >= 0.3 is 0 Å². The van der Waals surface area contributed by atoms with Crippen LogP contribution >= 0.6 is 0 Å². The minimum Gasteiger partial charge on any atom is -0.456 e. The van der Waals surface area contributed by atoms with Gasteiger partial charge in [-0.15, -0.1) is 0 Å². The van der Waals surface area contributed by atoms with Gasteiger partial charge in [0.05, 0.1) is 12.1 Å². The summed E-state index contributed by atoms with van der Waals surface area (Å²) >= 11 is 0. The Morgan fingerprint density at radius 1 is 1.00 bits per heavy atom. The molecule has 5 aromatic rings. The van der Waals surface area contributed by atoms with Crippen molar-refractivity contribution in [2.75, 3.05) is 0 Å². The van der Waals surface area contributed by atoms with E-state index in [9.17, 15) is 4.39 Å². The molecule has 3 aromatic carbocycles. The highest BCUT2D eigenvalue weighted by Gasteiger charge is 2.22. The molecule has 30 heavy (non-hydrogen) atoms. The molecule has 5 rings (SSSR count). The molecule has 0 aliphatic rings. The van der Waals surface area contributed by atoms with Gasteiger partial charge in [0.1, 0.15) is 18.2 Å². The lowest BCUT2D eigenvalue weighted by molar-refractivity contribution is -0.661. The van der Waals surface area contributed by atoms with Crippen molar-refractivity contribution in [2.45, 2.75) is 6.92 Å². The predicted molar refractivity (Wildman–Crippen MR) is 117 cm³/mol. The summed E-state index contributed by atoms with van der Waals surface area (Å²) in [5.41, 5.74) is 6.78. The molecule has 2 aromatic heterocycles. The van der Waals surface area contributed by atoms with Gasteiger partial charge in [-0.05, 0) is 41.8 Å². The van der Waals surface area contributed by atoms with Crippen LogP contribution in [0.4, 0.5) is 10.1 Å². The maximum atomic E-state index is 13.7. The Hall–Kier alpha value is -3.97. The van der Waals surface area contributed by atoms with E-state index in [0.717, 1.165) is 44.3 Å². The van der Waals surface area contributed by atoms with E-state index in [1.807, 2.05) is 50.4 Å². The number of aryl methyl sites for hydroxylation is 2. The first-order valence-corrected chi connectivity index (χ1v) is 9.65. The van der Waals surface area contributed by atoms with Crippen molar-refractivity contribution in [1.82, 2.24) is 0 Å². The van der Waals surface area contributed by atoms with Gasteiger partial charge in [0.15, 0.2) is 11.5 Å². The number of hydrogen-bond donors (Lipinski definition) is 0. The van der Waals surface area contributed by atoms with Gasteiger partial charge in [0, 0.05) is 16.8 Å². The average Bonchev–Trinajstić information content (AvgIpc) is 3.13. The van der Waals surface area contributed by atoms with Crippen molar-refractivity contribution in [3.05, 3.63) is 95.7 Å². The molecule has 0 saturated heterocycles. The number of hydrogen-bond acceptors (Lipinski definition) is 1. The minimum absolute atomic E-state index is 0.288. The summed E-state index contributed by atoms with van der Waals surface area (Å²) in [6.07, 6.45) is 1.46. The van der Waals surface area contributed by atoms with E-state index in [1.165, 1.54) is 12.3 Å². The minimum atomic E-state index is -0.288. The Morgan fingerprint density at radius 3 is 2.53 bits per heavy atom. The normalized spacial score (nSPS) is 11.1. The van der Waals surface area contributed by atoms with E-state index in [4.69, 9.17) is 11.0 Å². The molecule has 0 N–H and O–H groups in total. The van der Waals surface area contributed by atoms with Crippen molar-refractivity contribution >= 4 is 27.6 Å². The Kier molecular flexibility index (Phi) is 4.11. The molecule has 4 heteroatoms. The van der Waals surface area contributed by atoms with Crippen LogP contribution in [0.2, 0.25) is 0 Å². The van der Waals surface area contributed by atoms with Gasteiger partial charge in [0.2, 0.25) is 11.9 Å². The maximum absolute atomic E-state index is 13.7. The molecule has 0 unspecified atom stereocenters. The Balaban J connectivity index is 1.92. The first kappa shape index (κ1) is 18.1. The topological polar surface area (TPSA) is 21.4 Å². The number of pyridine rings is 1. The van der Waals surface area contributed by atoms with E-state index in [-0.39, 0.29) is 5.82 Å². The molecule has 0 saturated carbocycles. The molecule has 144 valence electrons. The molecular weight excluding hydrogens is 375 g/mol. The van der Waals surface area contributed by atoms with E-state index in [2.05, 4.69) is 17.0 Å². The lowest BCUT2D eigenvalue weighted by atomic mass is 9.96. The summed E-state index contributed by atoms with van der Waals surface area (Å²) < 4.78 is 21.8. The third-order valence-electron chi connectivity index (χ3n) is 5.50. The van der Waals surface area contributed by atoms with E-state index < -0.39 is 0 Å². The smallest absolute Gasteiger partial charge is 0.216 e. The third-order valence-corrected chi connectivity index (χ3v) is 5.50. The average molecular weight is 393 g/mol. The van der Waals surface area contributed by atoms with Crippen LogP contribution in [-0.4, -0.2) is 0 Å². The number of nitrogens with zero attached hydrogens (tertiary/aromatic N) is 2. The monoisotopic (exact) mass is 393 g/mol. The highest BCUT2D eigenvalue weighted by molar-refractivity contribution is 6.16. The SMILES string of the molecule is [C-]#[N+]c1cc(-c2ccccc2)c2c(c1)oc1c(-c3ccc(F)c[n+]3C)c(C)ccc12. The van der Waals surface area contributed by atoms with Crippen LogP contribution in [0.25, 0.3) is 49.2 Å². The van der Waals surface area contributed by atoms with Crippen LogP contribution in [0.5, 0.6) is 0 Å². The quantitative estimate of drug-likeness (QED) is 0.240. The summed E-state index contributed by atoms with van der Waals surface area (Å²) in [7, 11) is 1.83. The Bertz CT molecular complexity index is 1480. The van der Waals surface area contributed by atoms with Crippen LogP contribution < -0.4 is 4.57 Å². The third kappa shape index (κ3) is 2.75. The predicted octanol–water partition coefficient (Wildman–Crippen LogP) is 6.74. The lowest BCUT2D eigenvalue weighted by Crippen LogP contribution is -2.31. The molecule has 0 spiro atoms. The Labute approximate surface area is 173 Å². The van der Waals surface area contributed by atoms with Crippen molar-refractivity contribution in [2.24, 2.45) is 7.05 Å². The Morgan fingerprint density at radius 2 is 1.80 bits per heavy atom. The number of fused-ring (bicyclic) bond motifs is 3. The zero-order valence-corrected chi connectivity index (χ0v) is 16.6. The number of aromatic nitrogens is 1. The summed E-state index contributed by atoms with van der Waals surface area (Å²) in [5, 5.41) is 1.96. The van der Waals surface area contributed by atoms with Crippen molar-refractivity contribution < 1.29 is 13.4 Å². The van der Waals surface area contributed by atoms with Crippen molar-refractivity contribution in [1.29, 1.82) is 0 Å². The van der Waals surface area contributed by atoms with E-state index in [0.29, 0.717) is 11.3 Å². The molecule has 0 radical (unpaired) electrons. The summed E-state index contributed by atoms with van der Waals surface area (Å²) in [6.45, 7) is 9.54. The van der Waals surface area contributed by atoms with Crippen LogP contribution in [-0.2, 0) is 7.05 Å². The highest BCUT2D eigenvalue weighted by Crippen LogP contribution is 2.43. The number of benzene rings is 3. The van der Waals surface area contributed by atoms with Crippen LogP contribution in [0.1, 0.15) is 5.56 Å².